The Balaban J connectivity index is 1.81. The maximum atomic E-state index is 10.3. The molecule has 1 aliphatic heterocycles. The summed E-state index contributed by atoms with van der Waals surface area (Å²) in [5.41, 5.74) is 3.31. The van der Waals surface area contributed by atoms with E-state index in [2.05, 4.69) is 10.2 Å². The summed E-state index contributed by atoms with van der Waals surface area (Å²) < 4.78 is 0. The van der Waals surface area contributed by atoms with Crippen LogP contribution in [0.1, 0.15) is 24.0 Å². The predicted octanol–water partition coefficient (Wildman–Crippen LogP) is 3.95. The SMILES string of the molecule is Cc1cc(N=Nc2ccc(Cl)cc2)cc(C[NH+]2CCCC2)c1O. The number of benzene rings is 2. The number of aryl methyl sites for hydroxylation is 1. The van der Waals surface area contributed by atoms with Crippen LogP contribution >= 0.6 is 11.6 Å². The fraction of sp³-hybridized carbons (Fsp3) is 0.333. The fourth-order valence-electron chi connectivity index (χ4n) is 2.97. The van der Waals surface area contributed by atoms with Crippen molar-refractivity contribution in [3.8, 4) is 5.75 Å². The molecular formula is C18H21ClN3O+. The van der Waals surface area contributed by atoms with Crippen molar-refractivity contribution < 1.29 is 10.0 Å². The maximum absolute atomic E-state index is 10.3. The maximum Gasteiger partial charge on any atom is 0.127 e. The van der Waals surface area contributed by atoms with Crippen molar-refractivity contribution in [2.45, 2.75) is 26.3 Å². The molecule has 2 N–H and O–H groups in total. The van der Waals surface area contributed by atoms with Crippen molar-refractivity contribution in [2.75, 3.05) is 13.1 Å². The highest BCUT2D eigenvalue weighted by molar-refractivity contribution is 6.30. The topological polar surface area (TPSA) is 49.4 Å². The summed E-state index contributed by atoms with van der Waals surface area (Å²) in [6.07, 6.45) is 2.54. The van der Waals surface area contributed by atoms with Crippen LogP contribution in [-0.4, -0.2) is 18.2 Å². The number of nitrogens with zero attached hydrogens (tertiary/aromatic N) is 2. The van der Waals surface area contributed by atoms with E-state index in [4.69, 9.17) is 11.6 Å². The number of hydrogen-bond acceptors (Lipinski definition) is 3. The van der Waals surface area contributed by atoms with Crippen LogP contribution in [0.5, 0.6) is 5.75 Å². The molecule has 1 fully saturated rings. The van der Waals surface area contributed by atoms with Crippen LogP contribution in [0.4, 0.5) is 11.4 Å². The molecule has 0 radical (unpaired) electrons. The Kier molecular flexibility index (Phi) is 4.94. The lowest BCUT2D eigenvalue weighted by molar-refractivity contribution is -0.901. The van der Waals surface area contributed by atoms with Crippen molar-refractivity contribution in [1.29, 1.82) is 0 Å². The predicted molar refractivity (Wildman–Crippen MR) is 92.1 cm³/mol. The van der Waals surface area contributed by atoms with E-state index in [9.17, 15) is 5.11 Å². The first kappa shape index (κ1) is 16.0. The number of nitrogens with one attached hydrogen (secondary N) is 1. The normalized spacial score (nSPS) is 15.6. The van der Waals surface area contributed by atoms with Gasteiger partial charge in [-0.1, -0.05) is 11.6 Å². The lowest BCUT2D eigenvalue weighted by Gasteiger charge is -2.14. The van der Waals surface area contributed by atoms with Gasteiger partial charge in [0.2, 0.25) is 0 Å². The molecule has 2 aromatic carbocycles. The Labute approximate surface area is 141 Å². The zero-order valence-electron chi connectivity index (χ0n) is 13.2. The van der Waals surface area contributed by atoms with Crippen LogP contribution in [0, 0.1) is 6.92 Å². The number of hydrogen-bond donors (Lipinski definition) is 2. The van der Waals surface area contributed by atoms with Crippen molar-refractivity contribution in [1.82, 2.24) is 0 Å². The average molecular weight is 331 g/mol. The number of halogens is 1. The van der Waals surface area contributed by atoms with Gasteiger partial charge in [0.15, 0.2) is 0 Å². The molecule has 0 saturated carbocycles. The number of phenols is 1. The zero-order valence-corrected chi connectivity index (χ0v) is 14.0. The number of phenolic OH excluding ortho intramolecular Hbond substituents is 1. The van der Waals surface area contributed by atoms with Crippen molar-refractivity contribution >= 4 is 23.0 Å². The van der Waals surface area contributed by atoms with Gasteiger partial charge in [0.25, 0.3) is 0 Å². The quantitative estimate of drug-likeness (QED) is 0.819. The number of likely N-dealkylation sites (tertiary alicyclic amines) is 1. The summed E-state index contributed by atoms with van der Waals surface area (Å²) in [4.78, 5) is 1.52. The summed E-state index contributed by atoms with van der Waals surface area (Å²) in [6.45, 7) is 5.10. The van der Waals surface area contributed by atoms with Crippen molar-refractivity contribution in [3.63, 3.8) is 0 Å². The largest absolute Gasteiger partial charge is 0.507 e. The first-order chi connectivity index (χ1) is 11.1. The van der Waals surface area contributed by atoms with Gasteiger partial charge < -0.3 is 10.0 Å². The van der Waals surface area contributed by atoms with E-state index >= 15 is 0 Å². The van der Waals surface area contributed by atoms with E-state index in [1.165, 1.54) is 30.8 Å². The molecular weight excluding hydrogens is 310 g/mol. The van der Waals surface area contributed by atoms with Crippen LogP contribution in [0.15, 0.2) is 46.6 Å². The van der Waals surface area contributed by atoms with E-state index in [-0.39, 0.29) is 0 Å². The second-order valence-electron chi connectivity index (χ2n) is 6.08. The number of aromatic hydroxyl groups is 1. The van der Waals surface area contributed by atoms with Gasteiger partial charge in [0, 0.05) is 17.9 Å². The van der Waals surface area contributed by atoms with Gasteiger partial charge in [0.05, 0.1) is 30.0 Å². The third-order valence-electron chi connectivity index (χ3n) is 4.22. The first-order valence-corrected chi connectivity index (χ1v) is 8.33. The molecule has 3 rings (SSSR count). The first-order valence-electron chi connectivity index (χ1n) is 7.95. The molecule has 0 spiro atoms. The minimum atomic E-state index is 0.384. The summed E-state index contributed by atoms with van der Waals surface area (Å²) in [7, 11) is 0. The summed E-state index contributed by atoms with van der Waals surface area (Å²) >= 11 is 5.87. The van der Waals surface area contributed by atoms with Crippen LogP contribution < -0.4 is 4.90 Å². The molecule has 1 heterocycles. The minimum Gasteiger partial charge on any atom is -0.507 e. The molecule has 0 aromatic heterocycles. The lowest BCUT2D eigenvalue weighted by Crippen LogP contribution is -3.08. The molecule has 0 atom stereocenters. The van der Waals surface area contributed by atoms with Crippen LogP contribution in [0.3, 0.4) is 0 Å². The van der Waals surface area contributed by atoms with Gasteiger partial charge >= 0.3 is 0 Å². The van der Waals surface area contributed by atoms with Crippen LogP contribution in [0.25, 0.3) is 0 Å². The molecule has 1 saturated heterocycles. The lowest BCUT2D eigenvalue weighted by atomic mass is 10.1. The molecule has 0 amide bonds. The van der Waals surface area contributed by atoms with Crippen molar-refractivity contribution in [2.24, 2.45) is 10.2 Å². The second-order valence-corrected chi connectivity index (χ2v) is 6.52. The fourth-order valence-corrected chi connectivity index (χ4v) is 3.09. The molecule has 5 heteroatoms. The Morgan fingerprint density at radius 2 is 1.70 bits per heavy atom. The number of quaternary nitrogens is 1. The smallest absolute Gasteiger partial charge is 0.127 e. The van der Waals surface area contributed by atoms with E-state index < -0.39 is 0 Å². The van der Waals surface area contributed by atoms with Crippen molar-refractivity contribution in [3.05, 3.63) is 52.5 Å². The van der Waals surface area contributed by atoms with E-state index in [1.54, 1.807) is 12.1 Å². The van der Waals surface area contributed by atoms with E-state index in [1.807, 2.05) is 31.2 Å². The summed E-state index contributed by atoms with van der Waals surface area (Å²) in [6, 6.07) is 11.0. The van der Waals surface area contributed by atoms with Gasteiger partial charge in [0.1, 0.15) is 12.3 Å². The minimum absolute atomic E-state index is 0.384. The highest BCUT2D eigenvalue weighted by Crippen LogP contribution is 2.29. The molecule has 0 unspecified atom stereocenters. The second kappa shape index (κ2) is 7.11. The third-order valence-corrected chi connectivity index (χ3v) is 4.47. The summed E-state index contributed by atoms with van der Waals surface area (Å²) in [5, 5.41) is 19.5. The van der Waals surface area contributed by atoms with Gasteiger partial charge in [-0.15, -0.1) is 0 Å². The molecule has 23 heavy (non-hydrogen) atoms. The van der Waals surface area contributed by atoms with Gasteiger partial charge in [-0.05, 0) is 48.9 Å². The standard InChI is InChI=1S/C18H20ClN3O/c1-13-10-17(21-20-16-6-4-15(19)5-7-16)11-14(18(13)23)12-22-8-2-3-9-22/h4-7,10-11,23H,2-3,8-9,12H2,1H3/p+1. The monoisotopic (exact) mass is 330 g/mol. The highest BCUT2D eigenvalue weighted by atomic mass is 35.5. The molecule has 120 valence electrons. The summed E-state index contributed by atoms with van der Waals surface area (Å²) in [5.74, 6) is 0.384. The number of rotatable bonds is 4. The molecule has 1 aliphatic rings. The molecule has 0 bridgehead atoms. The third kappa shape index (κ3) is 4.09. The Hall–Kier alpha value is -1.91. The average Bonchev–Trinajstić information content (AvgIpc) is 3.04. The Bertz CT molecular complexity index is 707. The highest BCUT2D eigenvalue weighted by Gasteiger charge is 2.18. The van der Waals surface area contributed by atoms with E-state index in [0.29, 0.717) is 10.8 Å². The molecule has 2 aromatic rings. The number of azo groups is 1. The Morgan fingerprint density at radius 3 is 2.39 bits per heavy atom. The van der Waals surface area contributed by atoms with Gasteiger partial charge in [-0.2, -0.15) is 10.2 Å². The Morgan fingerprint density at radius 1 is 1.04 bits per heavy atom. The van der Waals surface area contributed by atoms with Crippen LogP contribution in [0.2, 0.25) is 5.02 Å². The van der Waals surface area contributed by atoms with E-state index in [0.717, 1.165) is 29.0 Å². The zero-order chi connectivity index (χ0) is 16.2. The molecule has 4 nitrogen and oxygen atoms in total. The van der Waals surface area contributed by atoms with Gasteiger partial charge in [-0.25, -0.2) is 0 Å². The van der Waals surface area contributed by atoms with Crippen LogP contribution in [-0.2, 0) is 6.54 Å². The molecule has 0 aliphatic carbocycles. The van der Waals surface area contributed by atoms with Gasteiger partial charge in [-0.3, -0.25) is 0 Å².